The van der Waals surface area contributed by atoms with Gasteiger partial charge in [0.2, 0.25) is 0 Å². The third-order valence-corrected chi connectivity index (χ3v) is 4.23. The van der Waals surface area contributed by atoms with Crippen molar-refractivity contribution in [2.45, 2.75) is 12.5 Å². The van der Waals surface area contributed by atoms with E-state index in [4.69, 9.17) is 11.6 Å². The predicted octanol–water partition coefficient (Wildman–Crippen LogP) is 5.03. The first-order chi connectivity index (χ1) is 11.3. The highest BCUT2D eigenvalue weighted by atomic mass is 79.9. The van der Waals surface area contributed by atoms with E-state index in [0.29, 0.717) is 16.8 Å². The first-order valence-electron chi connectivity index (χ1n) is 6.62. The van der Waals surface area contributed by atoms with Crippen LogP contribution in [-0.4, -0.2) is 11.2 Å². The van der Waals surface area contributed by atoms with E-state index in [0.717, 1.165) is 6.07 Å². The number of halogens is 4. The van der Waals surface area contributed by atoms with Crippen molar-refractivity contribution in [2.24, 2.45) is 0 Å². The standard InChI is InChI=1S/C15H10BrClF2N2O3/c16-8-2-1-3-10(18)15(8)12(4-5-22)20-13-6-9(17)11(19)7-14(13)21(23)24/h1-3,5-7,12,20H,4H2/t12-/m1/s1. The van der Waals surface area contributed by atoms with Crippen LogP contribution in [0.1, 0.15) is 18.0 Å². The Kier molecular flexibility index (Phi) is 5.84. The van der Waals surface area contributed by atoms with E-state index in [1.54, 1.807) is 6.07 Å². The van der Waals surface area contributed by atoms with Gasteiger partial charge in [0.05, 0.1) is 22.1 Å². The van der Waals surface area contributed by atoms with Gasteiger partial charge in [-0.15, -0.1) is 0 Å². The van der Waals surface area contributed by atoms with Crippen molar-refractivity contribution >= 4 is 45.2 Å². The lowest BCUT2D eigenvalue weighted by Gasteiger charge is -2.20. The number of carbonyl (C=O) groups is 1. The number of hydrogen-bond acceptors (Lipinski definition) is 4. The number of hydrogen-bond donors (Lipinski definition) is 1. The van der Waals surface area contributed by atoms with Crippen LogP contribution >= 0.6 is 27.5 Å². The molecule has 0 heterocycles. The molecule has 24 heavy (non-hydrogen) atoms. The fourth-order valence-corrected chi connectivity index (χ4v) is 2.96. The van der Waals surface area contributed by atoms with E-state index >= 15 is 0 Å². The highest BCUT2D eigenvalue weighted by Crippen LogP contribution is 2.36. The van der Waals surface area contributed by atoms with Crippen LogP contribution in [0.5, 0.6) is 0 Å². The van der Waals surface area contributed by atoms with E-state index in [-0.39, 0.29) is 22.7 Å². The molecule has 5 nitrogen and oxygen atoms in total. The maximum absolute atomic E-state index is 14.1. The largest absolute Gasteiger partial charge is 0.372 e. The van der Waals surface area contributed by atoms with Gasteiger partial charge in [-0.05, 0) is 18.2 Å². The van der Waals surface area contributed by atoms with E-state index in [2.05, 4.69) is 21.2 Å². The average Bonchev–Trinajstić information content (AvgIpc) is 2.50. The Balaban J connectivity index is 2.51. The van der Waals surface area contributed by atoms with Gasteiger partial charge in [-0.3, -0.25) is 10.1 Å². The van der Waals surface area contributed by atoms with Crippen LogP contribution in [0.4, 0.5) is 20.2 Å². The van der Waals surface area contributed by atoms with Crippen molar-refractivity contribution in [3.05, 3.63) is 67.1 Å². The van der Waals surface area contributed by atoms with Crippen molar-refractivity contribution in [1.82, 2.24) is 0 Å². The Hall–Kier alpha value is -2.06. The van der Waals surface area contributed by atoms with Gasteiger partial charge in [0, 0.05) is 16.5 Å². The topological polar surface area (TPSA) is 72.2 Å². The van der Waals surface area contributed by atoms with Gasteiger partial charge in [0.1, 0.15) is 23.6 Å². The van der Waals surface area contributed by atoms with Crippen LogP contribution in [0.15, 0.2) is 34.8 Å². The number of nitrogens with zero attached hydrogens (tertiary/aromatic N) is 1. The van der Waals surface area contributed by atoms with Crippen molar-refractivity contribution in [3.63, 3.8) is 0 Å². The molecule has 0 aliphatic heterocycles. The zero-order chi connectivity index (χ0) is 17.9. The molecule has 0 radical (unpaired) electrons. The van der Waals surface area contributed by atoms with Crippen LogP contribution in [0.2, 0.25) is 5.02 Å². The summed E-state index contributed by atoms with van der Waals surface area (Å²) in [6, 6.07) is 5.03. The second-order valence-corrected chi connectivity index (χ2v) is 6.04. The molecular formula is C15H10BrClF2N2O3. The Labute approximate surface area is 148 Å². The predicted molar refractivity (Wildman–Crippen MR) is 89.2 cm³/mol. The molecule has 0 saturated carbocycles. The lowest BCUT2D eigenvalue weighted by molar-refractivity contribution is -0.384. The summed E-state index contributed by atoms with van der Waals surface area (Å²) in [6.45, 7) is 0. The molecule has 1 atom stereocenters. The quantitative estimate of drug-likeness (QED) is 0.405. The zero-order valence-corrected chi connectivity index (χ0v) is 14.3. The maximum atomic E-state index is 14.1. The first-order valence-corrected chi connectivity index (χ1v) is 7.79. The second kappa shape index (κ2) is 7.67. The van der Waals surface area contributed by atoms with E-state index in [1.807, 2.05) is 0 Å². The molecule has 0 fully saturated rings. The van der Waals surface area contributed by atoms with Gasteiger partial charge in [-0.2, -0.15) is 0 Å². The number of anilines is 1. The van der Waals surface area contributed by atoms with Crippen LogP contribution in [0.3, 0.4) is 0 Å². The minimum absolute atomic E-state index is 0.117. The lowest BCUT2D eigenvalue weighted by atomic mass is 10.0. The molecule has 0 amide bonds. The van der Waals surface area contributed by atoms with Crippen molar-refractivity contribution in [2.75, 3.05) is 5.32 Å². The summed E-state index contributed by atoms with van der Waals surface area (Å²) in [5.41, 5.74) is -0.562. The molecule has 2 aromatic rings. The summed E-state index contributed by atoms with van der Waals surface area (Å²) in [7, 11) is 0. The van der Waals surface area contributed by atoms with Gasteiger partial charge in [-0.1, -0.05) is 33.6 Å². The van der Waals surface area contributed by atoms with E-state index in [1.165, 1.54) is 12.1 Å². The Morgan fingerprint density at radius 2 is 2.04 bits per heavy atom. The maximum Gasteiger partial charge on any atom is 0.295 e. The summed E-state index contributed by atoms with van der Waals surface area (Å²) >= 11 is 8.86. The number of nitrogens with one attached hydrogen (secondary N) is 1. The molecule has 2 rings (SSSR count). The molecule has 0 aliphatic carbocycles. The van der Waals surface area contributed by atoms with Crippen LogP contribution in [0.25, 0.3) is 0 Å². The monoisotopic (exact) mass is 418 g/mol. The summed E-state index contributed by atoms with van der Waals surface area (Å²) in [4.78, 5) is 21.2. The van der Waals surface area contributed by atoms with Gasteiger partial charge in [0.25, 0.3) is 5.69 Å². The lowest BCUT2D eigenvalue weighted by Crippen LogP contribution is -2.15. The molecular weight excluding hydrogens is 410 g/mol. The number of benzene rings is 2. The van der Waals surface area contributed by atoms with Gasteiger partial charge in [0.15, 0.2) is 0 Å². The molecule has 0 aromatic heterocycles. The molecule has 0 aliphatic rings. The smallest absolute Gasteiger partial charge is 0.295 e. The Bertz CT molecular complexity index is 784. The van der Waals surface area contributed by atoms with Crippen molar-refractivity contribution in [3.8, 4) is 0 Å². The second-order valence-electron chi connectivity index (χ2n) is 4.78. The summed E-state index contributed by atoms with van der Waals surface area (Å²) in [5, 5.41) is 13.5. The summed E-state index contributed by atoms with van der Waals surface area (Å²) < 4.78 is 28.0. The molecule has 0 bridgehead atoms. The normalized spacial score (nSPS) is 11.8. The van der Waals surface area contributed by atoms with Gasteiger partial charge >= 0.3 is 0 Å². The highest BCUT2D eigenvalue weighted by molar-refractivity contribution is 9.10. The molecule has 0 unspecified atom stereocenters. The molecule has 9 heteroatoms. The molecule has 0 spiro atoms. The fourth-order valence-electron chi connectivity index (χ4n) is 2.18. The van der Waals surface area contributed by atoms with Crippen LogP contribution in [-0.2, 0) is 4.79 Å². The highest BCUT2D eigenvalue weighted by Gasteiger charge is 2.24. The van der Waals surface area contributed by atoms with E-state index < -0.39 is 28.3 Å². The first kappa shape index (κ1) is 18.3. The number of aldehydes is 1. The van der Waals surface area contributed by atoms with Gasteiger partial charge < -0.3 is 10.1 Å². The minimum Gasteiger partial charge on any atom is -0.372 e. The van der Waals surface area contributed by atoms with Crippen molar-refractivity contribution in [1.29, 1.82) is 0 Å². The average molecular weight is 420 g/mol. The number of carbonyl (C=O) groups excluding carboxylic acids is 1. The number of rotatable bonds is 6. The molecule has 2 aromatic carbocycles. The third kappa shape index (κ3) is 3.88. The molecule has 126 valence electrons. The van der Waals surface area contributed by atoms with Crippen LogP contribution in [0, 0.1) is 21.7 Å². The fraction of sp³-hybridized carbons (Fsp3) is 0.133. The van der Waals surface area contributed by atoms with E-state index in [9.17, 15) is 23.7 Å². The van der Waals surface area contributed by atoms with Gasteiger partial charge in [-0.25, -0.2) is 8.78 Å². The SMILES string of the molecule is O=CC[C@@H](Nc1cc(Cl)c(F)cc1[N+](=O)[O-])c1c(F)cccc1Br. The Morgan fingerprint density at radius 3 is 2.62 bits per heavy atom. The number of nitro benzene ring substituents is 1. The summed E-state index contributed by atoms with van der Waals surface area (Å²) in [5.74, 6) is -1.55. The Morgan fingerprint density at radius 1 is 1.33 bits per heavy atom. The molecule has 0 saturated heterocycles. The molecule has 1 N–H and O–H groups in total. The zero-order valence-electron chi connectivity index (χ0n) is 11.9. The summed E-state index contributed by atoms with van der Waals surface area (Å²) in [6.07, 6.45) is 0.388. The van der Waals surface area contributed by atoms with Crippen molar-refractivity contribution < 1.29 is 18.5 Å². The minimum atomic E-state index is -0.951. The number of nitro groups is 1. The third-order valence-electron chi connectivity index (χ3n) is 3.25. The van der Waals surface area contributed by atoms with Crippen LogP contribution < -0.4 is 5.32 Å².